The second-order valence-electron chi connectivity index (χ2n) is 3.79. The zero-order valence-electron chi connectivity index (χ0n) is 9.25. The summed E-state index contributed by atoms with van der Waals surface area (Å²) in [6.45, 7) is 0. The fourth-order valence-corrected chi connectivity index (χ4v) is 1.82. The zero-order chi connectivity index (χ0) is 12.5. The van der Waals surface area contributed by atoms with Crippen molar-refractivity contribution in [1.29, 1.82) is 0 Å². The second kappa shape index (κ2) is 4.00. The molecular weight excluding hydrogens is 232 g/mol. The van der Waals surface area contributed by atoms with E-state index in [-0.39, 0.29) is 11.5 Å². The summed E-state index contributed by atoms with van der Waals surface area (Å²) in [6.07, 6.45) is 2.09. The molecule has 1 heterocycles. The number of fused-ring (bicyclic) bond motifs is 3. The molecular formula is C14H8O4. The molecule has 3 rings (SSSR count). The highest BCUT2D eigenvalue weighted by Gasteiger charge is 2.17. The summed E-state index contributed by atoms with van der Waals surface area (Å²) >= 11 is 0. The average molecular weight is 240 g/mol. The van der Waals surface area contributed by atoms with Crippen molar-refractivity contribution in [3.05, 3.63) is 48.6 Å². The lowest BCUT2D eigenvalue weighted by Gasteiger charge is -2.13. The van der Waals surface area contributed by atoms with Crippen LogP contribution in [0.4, 0.5) is 0 Å². The van der Waals surface area contributed by atoms with Crippen LogP contribution in [0.2, 0.25) is 0 Å². The first-order valence-electron chi connectivity index (χ1n) is 5.37. The molecule has 0 fully saturated rings. The molecule has 0 unspecified atom stereocenters. The minimum atomic E-state index is -0.594. The SMILES string of the molecule is O=C1/C=C\C(=O)Oc2c(ccc3ccccc23)O1. The van der Waals surface area contributed by atoms with Gasteiger partial charge in [0.25, 0.3) is 0 Å². The highest BCUT2D eigenvalue weighted by Crippen LogP contribution is 2.36. The maximum absolute atomic E-state index is 11.5. The highest BCUT2D eigenvalue weighted by atomic mass is 16.6. The van der Waals surface area contributed by atoms with Crippen molar-refractivity contribution in [3.63, 3.8) is 0 Å². The van der Waals surface area contributed by atoms with E-state index in [1.165, 1.54) is 0 Å². The monoisotopic (exact) mass is 240 g/mol. The maximum Gasteiger partial charge on any atom is 0.336 e. The summed E-state index contributed by atoms with van der Waals surface area (Å²) in [7, 11) is 0. The summed E-state index contributed by atoms with van der Waals surface area (Å²) in [5, 5.41) is 1.64. The molecule has 0 bridgehead atoms. The molecule has 4 nitrogen and oxygen atoms in total. The summed E-state index contributed by atoms with van der Waals surface area (Å²) in [4.78, 5) is 22.8. The molecule has 1 aliphatic rings. The third-order valence-corrected chi connectivity index (χ3v) is 2.61. The van der Waals surface area contributed by atoms with Gasteiger partial charge >= 0.3 is 11.9 Å². The van der Waals surface area contributed by atoms with E-state index in [4.69, 9.17) is 9.47 Å². The Morgan fingerprint density at radius 1 is 0.778 bits per heavy atom. The summed E-state index contributed by atoms with van der Waals surface area (Å²) in [6, 6.07) is 10.8. The molecule has 0 amide bonds. The van der Waals surface area contributed by atoms with Crippen molar-refractivity contribution >= 4 is 22.7 Å². The Morgan fingerprint density at radius 3 is 2.33 bits per heavy atom. The van der Waals surface area contributed by atoms with Gasteiger partial charge in [0.15, 0.2) is 11.5 Å². The summed E-state index contributed by atoms with van der Waals surface area (Å²) < 4.78 is 10.3. The van der Waals surface area contributed by atoms with Gasteiger partial charge < -0.3 is 9.47 Å². The normalized spacial score (nSPS) is 16.2. The number of hydrogen-bond donors (Lipinski definition) is 0. The smallest absolute Gasteiger partial charge is 0.336 e. The molecule has 0 radical (unpaired) electrons. The molecule has 0 spiro atoms. The van der Waals surface area contributed by atoms with E-state index in [0.29, 0.717) is 0 Å². The third-order valence-electron chi connectivity index (χ3n) is 2.61. The Hall–Kier alpha value is -2.62. The van der Waals surface area contributed by atoms with Gasteiger partial charge in [-0.3, -0.25) is 0 Å². The number of hydrogen-bond acceptors (Lipinski definition) is 4. The lowest BCUT2D eigenvalue weighted by atomic mass is 10.1. The fraction of sp³-hybridized carbons (Fsp3) is 0. The molecule has 88 valence electrons. The number of ether oxygens (including phenoxy) is 2. The van der Waals surface area contributed by atoms with E-state index < -0.39 is 11.9 Å². The minimum absolute atomic E-state index is 0.247. The van der Waals surface area contributed by atoms with Gasteiger partial charge in [0, 0.05) is 17.5 Å². The topological polar surface area (TPSA) is 52.6 Å². The van der Waals surface area contributed by atoms with Crippen molar-refractivity contribution < 1.29 is 19.1 Å². The van der Waals surface area contributed by atoms with Crippen molar-refractivity contribution in [2.45, 2.75) is 0 Å². The molecule has 0 aliphatic carbocycles. The quantitative estimate of drug-likeness (QED) is 0.523. The maximum atomic E-state index is 11.5. The van der Waals surface area contributed by atoms with Crippen LogP contribution in [0.1, 0.15) is 0 Å². The average Bonchev–Trinajstić information content (AvgIpc) is 2.37. The van der Waals surface area contributed by atoms with Crippen LogP contribution in [-0.2, 0) is 9.59 Å². The fourth-order valence-electron chi connectivity index (χ4n) is 1.82. The van der Waals surface area contributed by atoms with Gasteiger partial charge in [-0.2, -0.15) is 0 Å². The third kappa shape index (κ3) is 1.73. The van der Waals surface area contributed by atoms with Crippen LogP contribution in [0.15, 0.2) is 48.6 Å². The molecule has 1 aliphatic heterocycles. The Morgan fingerprint density at radius 2 is 1.50 bits per heavy atom. The second-order valence-corrected chi connectivity index (χ2v) is 3.79. The van der Waals surface area contributed by atoms with Gasteiger partial charge in [-0.25, -0.2) is 9.59 Å². The Labute approximate surface area is 102 Å². The van der Waals surface area contributed by atoms with Gasteiger partial charge in [-0.05, 0) is 11.5 Å². The lowest BCUT2D eigenvalue weighted by Crippen LogP contribution is -2.13. The van der Waals surface area contributed by atoms with E-state index in [9.17, 15) is 9.59 Å². The van der Waals surface area contributed by atoms with Gasteiger partial charge in [0.05, 0.1) is 0 Å². The van der Waals surface area contributed by atoms with Gasteiger partial charge in [0.1, 0.15) is 0 Å². The first-order valence-corrected chi connectivity index (χ1v) is 5.37. The van der Waals surface area contributed by atoms with Crippen molar-refractivity contribution in [2.24, 2.45) is 0 Å². The Kier molecular flexibility index (Phi) is 2.34. The Bertz CT molecular complexity index is 685. The van der Waals surface area contributed by atoms with Gasteiger partial charge in [-0.15, -0.1) is 0 Å². The van der Waals surface area contributed by atoms with E-state index in [1.807, 2.05) is 18.2 Å². The Balaban J connectivity index is 2.26. The van der Waals surface area contributed by atoms with Crippen molar-refractivity contribution in [3.8, 4) is 11.5 Å². The molecule has 0 atom stereocenters. The molecule has 0 aromatic heterocycles. The van der Waals surface area contributed by atoms with Crippen molar-refractivity contribution in [1.82, 2.24) is 0 Å². The summed E-state index contributed by atoms with van der Waals surface area (Å²) in [5.74, 6) is -0.667. The molecule has 0 saturated heterocycles. The molecule has 4 heteroatoms. The number of rotatable bonds is 0. The zero-order valence-corrected chi connectivity index (χ0v) is 9.25. The van der Waals surface area contributed by atoms with Gasteiger partial charge in [-0.1, -0.05) is 30.3 Å². The van der Waals surface area contributed by atoms with Crippen LogP contribution in [0, 0.1) is 0 Å². The first kappa shape index (κ1) is 10.5. The molecule has 0 saturated carbocycles. The van der Waals surface area contributed by atoms with Crippen molar-refractivity contribution in [2.75, 3.05) is 0 Å². The standard InChI is InChI=1S/C14H8O4/c15-12-7-8-13(16)18-14-10-4-2-1-3-9(10)5-6-11(14)17-12/h1-8H/b8-7-. The predicted molar refractivity (Wildman–Crippen MR) is 64.4 cm³/mol. The largest absolute Gasteiger partial charge is 0.419 e. The molecule has 0 N–H and O–H groups in total. The molecule has 2 aromatic rings. The van der Waals surface area contributed by atoms with Crippen LogP contribution < -0.4 is 9.47 Å². The van der Waals surface area contributed by atoms with E-state index in [2.05, 4.69) is 0 Å². The highest BCUT2D eigenvalue weighted by molar-refractivity contribution is 5.99. The first-order chi connectivity index (χ1) is 8.74. The lowest BCUT2D eigenvalue weighted by molar-refractivity contribution is -0.133. The summed E-state index contributed by atoms with van der Waals surface area (Å²) in [5.41, 5.74) is 0. The molecule has 18 heavy (non-hydrogen) atoms. The number of carbonyl (C=O) groups excluding carboxylic acids is 2. The van der Waals surface area contributed by atoms with E-state index in [1.54, 1.807) is 18.2 Å². The van der Waals surface area contributed by atoms with Crippen LogP contribution in [-0.4, -0.2) is 11.9 Å². The predicted octanol–water partition coefficient (Wildman–Crippen LogP) is 2.22. The molecule has 2 aromatic carbocycles. The number of carbonyl (C=O) groups is 2. The number of benzene rings is 2. The minimum Gasteiger partial charge on any atom is -0.419 e. The van der Waals surface area contributed by atoms with E-state index >= 15 is 0 Å². The van der Waals surface area contributed by atoms with Gasteiger partial charge in [0.2, 0.25) is 0 Å². The number of esters is 2. The van der Waals surface area contributed by atoms with Crippen LogP contribution in [0.25, 0.3) is 10.8 Å². The van der Waals surface area contributed by atoms with Crippen LogP contribution in [0.3, 0.4) is 0 Å². The van der Waals surface area contributed by atoms with Crippen LogP contribution >= 0.6 is 0 Å². The van der Waals surface area contributed by atoms with E-state index in [0.717, 1.165) is 22.9 Å². The van der Waals surface area contributed by atoms with Crippen LogP contribution in [0.5, 0.6) is 11.5 Å².